The van der Waals surface area contributed by atoms with Crippen molar-refractivity contribution in [3.05, 3.63) is 0 Å². The zero-order chi connectivity index (χ0) is 20.6. The molecule has 0 aliphatic rings. The van der Waals surface area contributed by atoms with E-state index < -0.39 is 48.3 Å². The molecule has 0 bridgehead atoms. The predicted molar refractivity (Wildman–Crippen MR) is 70.5 cm³/mol. The first-order valence-electron chi connectivity index (χ1n) is 6.11. The van der Waals surface area contributed by atoms with E-state index in [2.05, 4.69) is 0 Å². The van der Waals surface area contributed by atoms with E-state index in [1.165, 1.54) is 0 Å². The second-order valence-electron chi connectivity index (χ2n) is 3.95. The zero-order valence-corrected chi connectivity index (χ0v) is 17.3. The molecule has 13 nitrogen and oxygen atoms in total. The van der Waals surface area contributed by atoms with Crippen molar-refractivity contribution in [2.24, 2.45) is 0 Å². The van der Waals surface area contributed by atoms with Gasteiger partial charge in [-0.25, -0.2) is 0 Å². The van der Waals surface area contributed by atoms with Gasteiger partial charge in [0.15, 0.2) is 0 Å². The maximum atomic E-state index is 9.56. The number of carboxylic acids is 4. The topological polar surface area (TPSA) is 281 Å². The van der Waals surface area contributed by atoms with E-state index >= 15 is 0 Å². The van der Waals surface area contributed by atoms with Crippen LogP contribution in [0.5, 0.6) is 0 Å². The van der Waals surface area contributed by atoms with Gasteiger partial charge in [0.1, 0.15) is 0 Å². The quantitative estimate of drug-likeness (QED) is 0.301. The van der Waals surface area contributed by atoms with Crippen molar-refractivity contribution in [3.63, 3.8) is 0 Å². The SMILES string of the molecule is CC(O)C(=O)[O-].CC(O)C(=O)[O-].CC(O)C(=O)[O-].CC([O-])C(=O)[O-].[NH4+].[Zr+4]. The first-order chi connectivity index (χ1) is 10.6. The molecule has 0 aliphatic heterocycles. The van der Waals surface area contributed by atoms with Crippen molar-refractivity contribution < 1.29 is 86.2 Å². The molecule has 7 N–H and O–H groups in total. The van der Waals surface area contributed by atoms with E-state index in [-0.39, 0.29) is 32.4 Å². The first kappa shape index (κ1) is 39.6. The first-order valence-corrected chi connectivity index (χ1v) is 6.11. The molecular weight excluding hydrogens is 441 g/mol. The summed E-state index contributed by atoms with van der Waals surface area (Å²) >= 11 is 0. The smallest absolute Gasteiger partial charge is 0.848 e. The van der Waals surface area contributed by atoms with E-state index in [0.717, 1.165) is 27.7 Å². The van der Waals surface area contributed by atoms with E-state index in [1.54, 1.807) is 0 Å². The van der Waals surface area contributed by atoms with E-state index in [0.29, 0.717) is 0 Å². The molecule has 0 spiro atoms. The molecule has 152 valence electrons. The summed E-state index contributed by atoms with van der Waals surface area (Å²) in [5.74, 6) is -5.85. The van der Waals surface area contributed by atoms with E-state index in [1.807, 2.05) is 0 Å². The van der Waals surface area contributed by atoms with Crippen LogP contribution in [0.15, 0.2) is 0 Å². The van der Waals surface area contributed by atoms with Gasteiger partial charge >= 0.3 is 26.2 Å². The second kappa shape index (κ2) is 23.6. The van der Waals surface area contributed by atoms with Crippen LogP contribution in [0, 0.1) is 0 Å². The molecule has 4 atom stereocenters. The Kier molecular flexibility index (Phi) is 35.9. The summed E-state index contributed by atoms with van der Waals surface area (Å²) in [6.07, 6.45) is -5.62. The van der Waals surface area contributed by atoms with Crippen molar-refractivity contribution in [2.75, 3.05) is 0 Å². The number of quaternary nitrogens is 1. The van der Waals surface area contributed by atoms with Crippen LogP contribution in [0.2, 0.25) is 0 Å². The molecule has 0 aromatic heterocycles. The molecule has 0 radical (unpaired) electrons. The molecule has 4 unspecified atom stereocenters. The molecule has 0 heterocycles. The monoisotopic (exact) mass is 463 g/mol. The van der Waals surface area contributed by atoms with Gasteiger partial charge in [-0.05, 0) is 20.8 Å². The summed E-state index contributed by atoms with van der Waals surface area (Å²) in [6.45, 7) is 4.43. The Bertz CT molecular complexity index is 312. The van der Waals surface area contributed by atoms with Gasteiger partial charge in [-0.3, -0.25) is 0 Å². The number of hydrogen-bond acceptors (Lipinski definition) is 12. The van der Waals surface area contributed by atoms with E-state index in [4.69, 9.17) is 15.3 Å². The van der Waals surface area contributed by atoms with Crippen molar-refractivity contribution in [3.8, 4) is 0 Å². The minimum absolute atomic E-state index is 0. The minimum Gasteiger partial charge on any atom is -0.848 e. The minimum atomic E-state index is -1.59. The molecule has 0 saturated carbocycles. The normalized spacial score (nSPS) is 12.6. The summed E-state index contributed by atoms with van der Waals surface area (Å²) in [7, 11) is 0. The third-order valence-corrected chi connectivity index (χ3v) is 1.36. The molecule has 0 aliphatic carbocycles. The van der Waals surface area contributed by atoms with Gasteiger partial charge in [0.2, 0.25) is 0 Å². The van der Waals surface area contributed by atoms with Gasteiger partial charge in [-0.15, -0.1) is 0 Å². The second-order valence-corrected chi connectivity index (χ2v) is 3.95. The van der Waals surface area contributed by atoms with Crippen molar-refractivity contribution in [1.82, 2.24) is 6.15 Å². The molecular formula is C12H23NO12Zr. The zero-order valence-electron chi connectivity index (χ0n) is 14.8. The van der Waals surface area contributed by atoms with Gasteiger partial charge < -0.3 is 66.2 Å². The van der Waals surface area contributed by atoms with Gasteiger partial charge in [0.05, 0.1) is 36.2 Å². The van der Waals surface area contributed by atoms with Crippen LogP contribution >= 0.6 is 0 Å². The maximum absolute atomic E-state index is 9.56. The molecule has 0 amide bonds. The summed E-state index contributed by atoms with van der Waals surface area (Å²) in [5.41, 5.74) is 0. The van der Waals surface area contributed by atoms with Gasteiger partial charge in [-0.1, -0.05) is 13.0 Å². The summed E-state index contributed by atoms with van der Waals surface area (Å²) in [4.78, 5) is 37.3. The Morgan fingerprint density at radius 1 is 0.615 bits per heavy atom. The third-order valence-electron chi connectivity index (χ3n) is 1.36. The third kappa shape index (κ3) is 49.5. The van der Waals surface area contributed by atoms with Gasteiger partial charge in [0, 0.05) is 5.97 Å². The average Bonchev–Trinajstić information content (AvgIpc) is 2.40. The van der Waals surface area contributed by atoms with E-state index in [9.17, 15) is 44.7 Å². The van der Waals surface area contributed by atoms with Crippen LogP contribution in [0.4, 0.5) is 0 Å². The number of carbonyl (C=O) groups is 4. The van der Waals surface area contributed by atoms with Crippen LogP contribution in [-0.4, -0.2) is 63.6 Å². The fourth-order valence-electron chi connectivity index (χ4n) is 0. The predicted octanol–water partition coefficient (Wildman–Crippen LogP) is -7.79. The van der Waals surface area contributed by atoms with Crippen LogP contribution in [0.3, 0.4) is 0 Å². The molecule has 0 saturated heterocycles. The average molecular weight is 465 g/mol. The Balaban J connectivity index is -0.0000000500. The van der Waals surface area contributed by atoms with Gasteiger partial charge in [-0.2, -0.15) is 0 Å². The molecule has 0 fully saturated rings. The number of carboxylic acid groups (broad SMARTS) is 4. The van der Waals surface area contributed by atoms with Crippen LogP contribution in [0.25, 0.3) is 0 Å². The molecule has 0 rings (SSSR count). The molecule has 26 heavy (non-hydrogen) atoms. The van der Waals surface area contributed by atoms with Crippen molar-refractivity contribution >= 4 is 23.9 Å². The number of rotatable bonds is 4. The summed E-state index contributed by atoms with van der Waals surface area (Å²) < 4.78 is 0. The molecule has 0 aromatic carbocycles. The fourth-order valence-corrected chi connectivity index (χ4v) is 0. The number of hydrogen-bond donors (Lipinski definition) is 4. The number of aliphatic hydroxyl groups excluding tert-OH is 3. The van der Waals surface area contributed by atoms with Crippen molar-refractivity contribution in [2.45, 2.75) is 52.1 Å². The maximum Gasteiger partial charge on any atom is 4.00 e. The summed E-state index contributed by atoms with van der Waals surface area (Å²) in [6, 6.07) is 0. The van der Waals surface area contributed by atoms with Crippen molar-refractivity contribution in [1.29, 1.82) is 0 Å². The largest absolute Gasteiger partial charge is 4.00 e. The summed E-state index contributed by atoms with van der Waals surface area (Å²) in [5, 5.41) is 70.8. The van der Waals surface area contributed by atoms with Crippen LogP contribution < -0.4 is 31.7 Å². The Morgan fingerprint density at radius 3 is 0.692 bits per heavy atom. The molecule has 14 heteroatoms. The number of aliphatic hydroxyl groups is 3. The van der Waals surface area contributed by atoms with Crippen LogP contribution in [-0.2, 0) is 45.4 Å². The van der Waals surface area contributed by atoms with Crippen LogP contribution in [0.1, 0.15) is 27.7 Å². The molecule has 0 aromatic rings. The number of aliphatic carboxylic acids is 4. The Labute approximate surface area is 168 Å². The Hall–Kier alpha value is -1.44. The van der Waals surface area contributed by atoms with Gasteiger partial charge in [0.25, 0.3) is 0 Å². The standard InChI is InChI=1S/3C3H6O3.C3H5O3.H3N.Zr/c4*1-2(4)3(5)6;;/h3*2,4H,1H3,(H,5,6);2H,1H3,(H,5,6);1H3;/q;;;-1;;+4/p-3. The number of carbonyl (C=O) groups excluding carboxylic acids is 4. The Morgan fingerprint density at radius 2 is 0.692 bits per heavy atom. The fraction of sp³-hybridized carbons (Fsp3) is 0.667.